The van der Waals surface area contributed by atoms with Gasteiger partial charge in [0, 0.05) is 42.8 Å². The van der Waals surface area contributed by atoms with Gasteiger partial charge in [0.15, 0.2) is 5.13 Å². The minimum Gasteiger partial charge on any atom is -0.368 e. The van der Waals surface area contributed by atoms with Gasteiger partial charge in [0.2, 0.25) is 5.91 Å². The summed E-state index contributed by atoms with van der Waals surface area (Å²) in [5.74, 6) is -0.726. The SMILES string of the molecule is Cc1cccc(N2CCN(C(=O)Cc3csc(NC(=O)c4ccc(F)cc4)n3)CC2)c1. The molecule has 1 aliphatic rings. The van der Waals surface area contributed by atoms with Crippen LogP contribution in [0.25, 0.3) is 0 Å². The number of halogens is 1. The monoisotopic (exact) mass is 438 g/mol. The molecule has 0 unspecified atom stereocenters. The lowest BCUT2D eigenvalue weighted by Crippen LogP contribution is -2.49. The van der Waals surface area contributed by atoms with E-state index >= 15 is 0 Å². The van der Waals surface area contributed by atoms with Gasteiger partial charge >= 0.3 is 0 Å². The second kappa shape index (κ2) is 9.26. The number of aryl methyl sites for hydroxylation is 1. The standard InChI is InChI=1S/C23H23FN4O2S/c1-16-3-2-4-20(13-16)27-9-11-28(12-10-27)21(29)14-19-15-31-23(25-19)26-22(30)17-5-7-18(24)8-6-17/h2-8,13,15H,9-12,14H2,1H3,(H,25,26,30). The van der Waals surface area contributed by atoms with Gasteiger partial charge in [0.05, 0.1) is 12.1 Å². The van der Waals surface area contributed by atoms with Crippen molar-refractivity contribution >= 4 is 34.0 Å². The highest BCUT2D eigenvalue weighted by Crippen LogP contribution is 2.20. The lowest BCUT2D eigenvalue weighted by Gasteiger charge is -2.36. The topological polar surface area (TPSA) is 65.5 Å². The summed E-state index contributed by atoms with van der Waals surface area (Å²) in [5.41, 5.74) is 3.39. The molecular weight excluding hydrogens is 415 g/mol. The molecule has 0 saturated carbocycles. The van der Waals surface area contributed by atoms with E-state index in [0.29, 0.717) is 29.5 Å². The van der Waals surface area contributed by atoms with Crippen molar-refractivity contribution in [3.8, 4) is 0 Å². The summed E-state index contributed by atoms with van der Waals surface area (Å²) in [5, 5.41) is 4.89. The molecule has 3 aromatic rings. The molecule has 1 N–H and O–H groups in total. The van der Waals surface area contributed by atoms with Crippen molar-refractivity contribution in [1.29, 1.82) is 0 Å². The number of carbonyl (C=O) groups excluding carboxylic acids is 2. The summed E-state index contributed by atoms with van der Waals surface area (Å²) < 4.78 is 13.0. The van der Waals surface area contributed by atoms with Gasteiger partial charge in [-0.15, -0.1) is 11.3 Å². The molecular formula is C23H23FN4O2S. The van der Waals surface area contributed by atoms with E-state index in [1.54, 1.807) is 5.38 Å². The molecule has 1 fully saturated rings. The van der Waals surface area contributed by atoms with Crippen molar-refractivity contribution in [2.45, 2.75) is 13.3 Å². The van der Waals surface area contributed by atoms with Gasteiger partial charge in [0.1, 0.15) is 5.82 Å². The first-order chi connectivity index (χ1) is 15.0. The lowest BCUT2D eigenvalue weighted by molar-refractivity contribution is -0.130. The van der Waals surface area contributed by atoms with Crippen molar-refractivity contribution < 1.29 is 14.0 Å². The van der Waals surface area contributed by atoms with Crippen LogP contribution in [0.1, 0.15) is 21.6 Å². The van der Waals surface area contributed by atoms with Crippen LogP contribution in [-0.2, 0) is 11.2 Å². The zero-order chi connectivity index (χ0) is 21.8. The average Bonchev–Trinajstić information content (AvgIpc) is 3.21. The molecule has 0 spiro atoms. The number of thiazole rings is 1. The Hall–Kier alpha value is -3.26. The third-order valence-electron chi connectivity index (χ3n) is 5.21. The smallest absolute Gasteiger partial charge is 0.257 e. The second-order valence-electron chi connectivity index (χ2n) is 7.49. The molecule has 6 nitrogen and oxygen atoms in total. The quantitative estimate of drug-likeness (QED) is 0.659. The van der Waals surface area contributed by atoms with Crippen LogP contribution in [0, 0.1) is 12.7 Å². The number of benzene rings is 2. The van der Waals surface area contributed by atoms with Crippen LogP contribution in [0.5, 0.6) is 0 Å². The number of hydrogen-bond donors (Lipinski definition) is 1. The van der Waals surface area contributed by atoms with Gasteiger partial charge in [-0.2, -0.15) is 0 Å². The first kappa shape index (κ1) is 21.0. The van der Waals surface area contributed by atoms with Crippen LogP contribution in [-0.4, -0.2) is 47.9 Å². The fraction of sp³-hybridized carbons (Fsp3) is 0.261. The minimum absolute atomic E-state index is 0.0330. The zero-order valence-electron chi connectivity index (χ0n) is 17.2. The number of hydrogen-bond acceptors (Lipinski definition) is 5. The van der Waals surface area contributed by atoms with E-state index in [-0.39, 0.29) is 18.2 Å². The Balaban J connectivity index is 1.29. The summed E-state index contributed by atoms with van der Waals surface area (Å²) in [4.78, 5) is 33.4. The van der Waals surface area contributed by atoms with Crippen molar-refractivity contribution in [2.24, 2.45) is 0 Å². The molecule has 2 heterocycles. The number of piperazine rings is 1. The molecule has 160 valence electrons. The van der Waals surface area contributed by atoms with Gasteiger partial charge in [0.25, 0.3) is 5.91 Å². The van der Waals surface area contributed by atoms with Crippen LogP contribution >= 0.6 is 11.3 Å². The summed E-state index contributed by atoms with van der Waals surface area (Å²) in [7, 11) is 0. The number of amides is 2. The molecule has 2 aromatic carbocycles. The van der Waals surface area contributed by atoms with E-state index in [1.165, 1.54) is 46.9 Å². The number of anilines is 2. The molecule has 0 aliphatic carbocycles. The predicted molar refractivity (Wildman–Crippen MR) is 120 cm³/mol. The summed E-state index contributed by atoms with van der Waals surface area (Å²) >= 11 is 1.27. The van der Waals surface area contributed by atoms with Crippen molar-refractivity contribution in [1.82, 2.24) is 9.88 Å². The molecule has 0 bridgehead atoms. The fourth-order valence-electron chi connectivity index (χ4n) is 3.52. The van der Waals surface area contributed by atoms with E-state index < -0.39 is 5.82 Å². The normalized spacial score (nSPS) is 13.9. The highest BCUT2D eigenvalue weighted by atomic mass is 32.1. The van der Waals surface area contributed by atoms with Crippen LogP contribution in [0.3, 0.4) is 0 Å². The Kier molecular flexibility index (Phi) is 6.27. The van der Waals surface area contributed by atoms with E-state index in [9.17, 15) is 14.0 Å². The molecule has 8 heteroatoms. The Morgan fingerprint density at radius 3 is 2.55 bits per heavy atom. The molecule has 0 radical (unpaired) electrons. The Bertz CT molecular complexity index is 1080. The summed E-state index contributed by atoms with van der Waals surface area (Å²) in [6, 6.07) is 13.7. The third-order valence-corrected chi connectivity index (χ3v) is 6.02. The molecule has 0 atom stereocenters. The van der Waals surface area contributed by atoms with Crippen LogP contribution in [0.2, 0.25) is 0 Å². The van der Waals surface area contributed by atoms with Gasteiger partial charge in [-0.25, -0.2) is 9.37 Å². The molecule has 1 aromatic heterocycles. The maximum absolute atomic E-state index is 13.0. The zero-order valence-corrected chi connectivity index (χ0v) is 18.0. The number of aromatic nitrogens is 1. The van der Waals surface area contributed by atoms with E-state index in [0.717, 1.165) is 13.1 Å². The Morgan fingerprint density at radius 2 is 1.84 bits per heavy atom. The largest absolute Gasteiger partial charge is 0.368 e. The summed E-state index contributed by atoms with van der Waals surface area (Å²) in [6.45, 7) is 5.01. The molecule has 1 aliphatic heterocycles. The van der Waals surface area contributed by atoms with Gasteiger partial charge in [-0.1, -0.05) is 12.1 Å². The van der Waals surface area contributed by atoms with Crippen LogP contribution in [0.15, 0.2) is 53.9 Å². The minimum atomic E-state index is -0.397. The molecule has 2 amide bonds. The number of nitrogens with zero attached hydrogens (tertiary/aromatic N) is 3. The predicted octanol–water partition coefficient (Wildman–Crippen LogP) is 3.73. The maximum Gasteiger partial charge on any atom is 0.257 e. The summed E-state index contributed by atoms with van der Waals surface area (Å²) in [6.07, 6.45) is 0.202. The van der Waals surface area contributed by atoms with Gasteiger partial charge < -0.3 is 9.80 Å². The van der Waals surface area contributed by atoms with Crippen molar-refractivity contribution in [3.05, 3.63) is 76.5 Å². The molecule has 31 heavy (non-hydrogen) atoms. The first-order valence-corrected chi connectivity index (χ1v) is 11.0. The third kappa shape index (κ3) is 5.27. The number of nitrogens with one attached hydrogen (secondary N) is 1. The Labute approximate surface area is 184 Å². The van der Waals surface area contributed by atoms with Crippen molar-refractivity contribution in [2.75, 3.05) is 36.4 Å². The second-order valence-corrected chi connectivity index (χ2v) is 8.35. The highest BCUT2D eigenvalue weighted by molar-refractivity contribution is 7.14. The van der Waals surface area contributed by atoms with E-state index in [1.807, 2.05) is 4.90 Å². The number of rotatable bonds is 5. The average molecular weight is 439 g/mol. The fourth-order valence-corrected chi connectivity index (χ4v) is 4.23. The first-order valence-electron chi connectivity index (χ1n) is 10.1. The van der Waals surface area contributed by atoms with Crippen LogP contribution < -0.4 is 10.2 Å². The number of carbonyl (C=O) groups is 2. The van der Waals surface area contributed by atoms with Gasteiger partial charge in [-0.3, -0.25) is 14.9 Å². The lowest BCUT2D eigenvalue weighted by atomic mass is 10.2. The van der Waals surface area contributed by atoms with Gasteiger partial charge in [-0.05, 0) is 48.9 Å². The van der Waals surface area contributed by atoms with E-state index in [2.05, 4.69) is 46.4 Å². The maximum atomic E-state index is 13.0. The Morgan fingerprint density at radius 1 is 1.10 bits per heavy atom. The van der Waals surface area contributed by atoms with Crippen LogP contribution in [0.4, 0.5) is 15.2 Å². The van der Waals surface area contributed by atoms with Crippen molar-refractivity contribution in [3.63, 3.8) is 0 Å². The molecule has 1 saturated heterocycles. The van der Waals surface area contributed by atoms with E-state index in [4.69, 9.17) is 0 Å². The highest BCUT2D eigenvalue weighted by Gasteiger charge is 2.22. The molecule has 4 rings (SSSR count).